The van der Waals surface area contributed by atoms with Gasteiger partial charge in [0.05, 0.1) is 13.2 Å². The molecule has 0 saturated heterocycles. The molecule has 0 radical (unpaired) electrons. The van der Waals surface area contributed by atoms with Gasteiger partial charge in [-0.15, -0.1) is 0 Å². The topological polar surface area (TPSA) is 69.7 Å². The number of benzene rings is 2. The number of carbonyl (C=O) groups is 1. The molecule has 1 aromatic heterocycles. The number of rotatable bonds is 11. The van der Waals surface area contributed by atoms with Gasteiger partial charge in [0.1, 0.15) is 6.61 Å². The van der Waals surface area contributed by atoms with Crippen molar-refractivity contribution in [2.75, 3.05) is 13.2 Å². The molecular formula is C25H28N2O4. The molecule has 1 amide bonds. The number of hydrogen-bond acceptors (Lipinski definition) is 5. The van der Waals surface area contributed by atoms with Crippen LogP contribution in [0.1, 0.15) is 40.9 Å². The standard InChI is InChI=1S/C25H28N2O4/c1-3-29-18-22-10-6-5-9-21(22)16-27-25(28)20-11-12-23(24(14-20)30-4-2)31-17-19-8-7-13-26-15-19/h5-15H,3-4,16-18H2,1-2H3,(H,27,28). The first-order valence-electron chi connectivity index (χ1n) is 10.4. The molecule has 0 atom stereocenters. The van der Waals surface area contributed by atoms with Gasteiger partial charge in [-0.1, -0.05) is 30.3 Å². The molecule has 3 rings (SSSR count). The lowest BCUT2D eigenvalue weighted by Crippen LogP contribution is -2.23. The van der Waals surface area contributed by atoms with Gasteiger partial charge in [-0.2, -0.15) is 0 Å². The van der Waals surface area contributed by atoms with Gasteiger partial charge in [-0.05, 0) is 49.2 Å². The third kappa shape index (κ3) is 6.55. The van der Waals surface area contributed by atoms with Gasteiger partial charge in [-0.3, -0.25) is 9.78 Å². The second-order valence-corrected chi connectivity index (χ2v) is 6.83. The van der Waals surface area contributed by atoms with Crippen LogP contribution in [-0.4, -0.2) is 24.1 Å². The zero-order valence-electron chi connectivity index (χ0n) is 18.0. The van der Waals surface area contributed by atoms with E-state index in [1.807, 2.05) is 50.2 Å². The smallest absolute Gasteiger partial charge is 0.251 e. The normalized spacial score (nSPS) is 10.5. The van der Waals surface area contributed by atoms with Crippen LogP contribution in [0.25, 0.3) is 0 Å². The first-order valence-corrected chi connectivity index (χ1v) is 10.4. The molecule has 0 unspecified atom stereocenters. The van der Waals surface area contributed by atoms with Crippen molar-refractivity contribution < 1.29 is 19.0 Å². The monoisotopic (exact) mass is 420 g/mol. The highest BCUT2D eigenvalue weighted by Gasteiger charge is 2.13. The molecule has 1 N–H and O–H groups in total. The molecule has 6 heteroatoms. The maximum atomic E-state index is 12.7. The first-order chi connectivity index (χ1) is 15.2. The molecule has 0 aliphatic rings. The lowest BCUT2D eigenvalue weighted by Gasteiger charge is -2.14. The minimum absolute atomic E-state index is 0.175. The number of nitrogens with zero attached hydrogens (tertiary/aromatic N) is 1. The van der Waals surface area contributed by atoms with Gasteiger partial charge in [0.25, 0.3) is 5.91 Å². The second kappa shape index (κ2) is 11.7. The van der Waals surface area contributed by atoms with Crippen molar-refractivity contribution in [2.24, 2.45) is 0 Å². The molecule has 2 aromatic carbocycles. The molecule has 0 spiro atoms. The maximum Gasteiger partial charge on any atom is 0.251 e. The summed E-state index contributed by atoms with van der Waals surface area (Å²) in [5, 5.41) is 2.98. The second-order valence-electron chi connectivity index (χ2n) is 6.83. The number of carbonyl (C=O) groups excluding carboxylic acids is 1. The van der Waals surface area contributed by atoms with Gasteiger partial charge in [0.2, 0.25) is 0 Å². The number of amides is 1. The van der Waals surface area contributed by atoms with E-state index in [0.29, 0.717) is 50.0 Å². The van der Waals surface area contributed by atoms with Crippen molar-refractivity contribution >= 4 is 5.91 Å². The highest BCUT2D eigenvalue weighted by atomic mass is 16.5. The number of aromatic nitrogens is 1. The summed E-state index contributed by atoms with van der Waals surface area (Å²) in [6.07, 6.45) is 3.48. The molecule has 162 valence electrons. The van der Waals surface area contributed by atoms with Gasteiger partial charge >= 0.3 is 0 Å². The largest absolute Gasteiger partial charge is 0.490 e. The van der Waals surface area contributed by atoms with E-state index < -0.39 is 0 Å². The van der Waals surface area contributed by atoms with Crippen LogP contribution in [-0.2, 0) is 24.5 Å². The summed E-state index contributed by atoms with van der Waals surface area (Å²) in [4.78, 5) is 16.8. The van der Waals surface area contributed by atoms with Crippen molar-refractivity contribution in [1.82, 2.24) is 10.3 Å². The molecule has 0 saturated carbocycles. The minimum Gasteiger partial charge on any atom is -0.490 e. The van der Waals surface area contributed by atoms with Crippen molar-refractivity contribution in [2.45, 2.75) is 33.6 Å². The van der Waals surface area contributed by atoms with Crippen LogP contribution in [0.2, 0.25) is 0 Å². The molecular weight excluding hydrogens is 392 g/mol. The number of ether oxygens (including phenoxy) is 3. The predicted octanol–water partition coefficient (Wildman–Crippen LogP) is 4.53. The van der Waals surface area contributed by atoms with E-state index in [0.717, 1.165) is 16.7 Å². The zero-order chi connectivity index (χ0) is 21.9. The average Bonchev–Trinajstić information content (AvgIpc) is 2.81. The fourth-order valence-electron chi connectivity index (χ4n) is 3.04. The Morgan fingerprint density at radius 3 is 2.48 bits per heavy atom. The molecule has 1 heterocycles. The quantitative estimate of drug-likeness (QED) is 0.494. The molecule has 31 heavy (non-hydrogen) atoms. The third-order valence-electron chi connectivity index (χ3n) is 4.64. The van der Waals surface area contributed by atoms with E-state index >= 15 is 0 Å². The minimum atomic E-state index is -0.175. The van der Waals surface area contributed by atoms with Crippen LogP contribution < -0.4 is 14.8 Å². The van der Waals surface area contributed by atoms with Crippen molar-refractivity contribution in [1.29, 1.82) is 0 Å². The molecule has 0 bridgehead atoms. The number of pyridine rings is 1. The van der Waals surface area contributed by atoms with Crippen LogP contribution in [0.15, 0.2) is 67.0 Å². The molecule has 0 aliphatic heterocycles. The number of nitrogens with one attached hydrogen (secondary N) is 1. The Morgan fingerprint density at radius 1 is 0.903 bits per heavy atom. The van der Waals surface area contributed by atoms with Crippen LogP contribution in [0, 0.1) is 0 Å². The van der Waals surface area contributed by atoms with Crippen LogP contribution in [0.3, 0.4) is 0 Å². The van der Waals surface area contributed by atoms with E-state index in [4.69, 9.17) is 14.2 Å². The summed E-state index contributed by atoms with van der Waals surface area (Å²) < 4.78 is 17.1. The van der Waals surface area contributed by atoms with Crippen LogP contribution in [0.4, 0.5) is 0 Å². The third-order valence-corrected chi connectivity index (χ3v) is 4.64. The summed E-state index contributed by atoms with van der Waals surface area (Å²) in [6.45, 7) is 6.30. The van der Waals surface area contributed by atoms with Crippen molar-refractivity contribution in [3.63, 3.8) is 0 Å². The van der Waals surface area contributed by atoms with Gasteiger partial charge in [0, 0.05) is 36.7 Å². The molecule has 3 aromatic rings. The summed E-state index contributed by atoms with van der Waals surface area (Å²) in [5.41, 5.74) is 3.57. The predicted molar refractivity (Wildman–Crippen MR) is 119 cm³/mol. The van der Waals surface area contributed by atoms with E-state index in [2.05, 4.69) is 10.3 Å². The van der Waals surface area contributed by atoms with Crippen LogP contribution in [0.5, 0.6) is 11.5 Å². The van der Waals surface area contributed by atoms with Gasteiger partial charge < -0.3 is 19.5 Å². The Labute approximate surface area is 183 Å². The first kappa shape index (κ1) is 22.3. The van der Waals surface area contributed by atoms with Crippen LogP contribution >= 0.6 is 0 Å². The Kier molecular flexibility index (Phi) is 8.43. The Morgan fingerprint density at radius 2 is 1.74 bits per heavy atom. The van der Waals surface area contributed by atoms with E-state index in [9.17, 15) is 4.79 Å². The SMILES string of the molecule is CCOCc1ccccc1CNC(=O)c1ccc(OCc2cccnc2)c(OCC)c1. The molecule has 6 nitrogen and oxygen atoms in total. The van der Waals surface area contributed by atoms with Gasteiger partial charge in [-0.25, -0.2) is 0 Å². The highest BCUT2D eigenvalue weighted by molar-refractivity contribution is 5.94. The van der Waals surface area contributed by atoms with E-state index in [-0.39, 0.29) is 5.91 Å². The van der Waals surface area contributed by atoms with E-state index in [1.54, 1.807) is 30.6 Å². The average molecular weight is 421 g/mol. The molecule has 0 aliphatic carbocycles. The lowest BCUT2D eigenvalue weighted by molar-refractivity contribution is 0.0949. The summed E-state index contributed by atoms with van der Waals surface area (Å²) in [5.74, 6) is 0.950. The Bertz CT molecular complexity index is 976. The van der Waals surface area contributed by atoms with Crippen molar-refractivity contribution in [3.8, 4) is 11.5 Å². The fraction of sp³-hybridized carbons (Fsp3) is 0.280. The Hall–Kier alpha value is -3.38. The highest BCUT2D eigenvalue weighted by Crippen LogP contribution is 2.29. The lowest BCUT2D eigenvalue weighted by atomic mass is 10.1. The molecule has 0 fully saturated rings. The summed E-state index contributed by atoms with van der Waals surface area (Å²) >= 11 is 0. The van der Waals surface area contributed by atoms with Crippen molar-refractivity contribution in [3.05, 3.63) is 89.2 Å². The van der Waals surface area contributed by atoms with Gasteiger partial charge in [0.15, 0.2) is 11.5 Å². The Balaban J connectivity index is 1.66. The van der Waals surface area contributed by atoms with E-state index in [1.165, 1.54) is 0 Å². The zero-order valence-corrected chi connectivity index (χ0v) is 18.0. The fourth-order valence-corrected chi connectivity index (χ4v) is 3.04. The number of hydrogen-bond donors (Lipinski definition) is 1. The summed E-state index contributed by atoms with van der Waals surface area (Å²) in [7, 11) is 0. The maximum absolute atomic E-state index is 12.7. The summed E-state index contributed by atoms with van der Waals surface area (Å²) in [6, 6.07) is 17.0.